The van der Waals surface area contributed by atoms with E-state index in [1.165, 1.54) is 15.8 Å². The first-order valence-corrected chi connectivity index (χ1v) is 13.0. The molecule has 2 aromatic carbocycles. The van der Waals surface area contributed by atoms with E-state index >= 15 is 0 Å². The maximum absolute atomic E-state index is 12.6. The van der Waals surface area contributed by atoms with Crippen molar-refractivity contribution in [3.63, 3.8) is 0 Å². The highest BCUT2D eigenvalue weighted by atomic mass is 32.2. The van der Waals surface area contributed by atoms with Gasteiger partial charge in [-0.25, -0.2) is 13.4 Å². The summed E-state index contributed by atoms with van der Waals surface area (Å²) in [4.78, 5) is 21.8. The van der Waals surface area contributed by atoms with Gasteiger partial charge in [0.15, 0.2) is 15.0 Å². The van der Waals surface area contributed by atoms with Crippen LogP contribution in [0.3, 0.4) is 0 Å². The predicted octanol–water partition coefficient (Wildman–Crippen LogP) is 3.82. The van der Waals surface area contributed by atoms with Crippen LogP contribution in [-0.4, -0.2) is 56.1 Å². The summed E-state index contributed by atoms with van der Waals surface area (Å²) in [6, 6.07) is 12.7. The summed E-state index contributed by atoms with van der Waals surface area (Å²) < 4.78 is 26.0. The molecule has 0 bridgehead atoms. The molecule has 6 nitrogen and oxygen atoms in total. The number of benzene rings is 2. The van der Waals surface area contributed by atoms with Gasteiger partial charge in [-0.05, 0) is 43.5 Å². The molecule has 31 heavy (non-hydrogen) atoms. The summed E-state index contributed by atoms with van der Waals surface area (Å²) in [7, 11) is -3.34. The van der Waals surface area contributed by atoms with Crippen molar-refractivity contribution >= 4 is 42.4 Å². The van der Waals surface area contributed by atoms with Gasteiger partial charge < -0.3 is 9.80 Å². The average molecular weight is 458 g/mol. The number of carbonyl (C=O) groups is 1. The minimum absolute atomic E-state index is 0.00682. The Morgan fingerprint density at radius 1 is 1.00 bits per heavy atom. The number of anilines is 1. The lowest BCUT2D eigenvalue weighted by Crippen LogP contribution is -2.48. The van der Waals surface area contributed by atoms with Gasteiger partial charge in [-0.1, -0.05) is 41.7 Å². The van der Waals surface area contributed by atoms with Crippen molar-refractivity contribution in [2.24, 2.45) is 0 Å². The fraction of sp³-hybridized carbons (Fsp3) is 0.391. The number of hydrogen-bond donors (Lipinski definition) is 0. The van der Waals surface area contributed by atoms with Gasteiger partial charge in [0, 0.05) is 32.6 Å². The van der Waals surface area contributed by atoms with Crippen molar-refractivity contribution in [3.05, 3.63) is 53.6 Å². The molecule has 1 aliphatic heterocycles. The summed E-state index contributed by atoms with van der Waals surface area (Å²) in [6.45, 7) is 6.95. The molecule has 0 N–H and O–H groups in total. The lowest BCUT2D eigenvalue weighted by Gasteiger charge is -2.34. The van der Waals surface area contributed by atoms with Crippen LogP contribution in [0.25, 0.3) is 10.2 Å². The number of aryl methyl sites for hydroxylation is 2. The quantitative estimate of drug-likeness (QED) is 0.563. The van der Waals surface area contributed by atoms with Gasteiger partial charge in [-0.3, -0.25) is 4.79 Å². The van der Waals surface area contributed by atoms with Crippen molar-refractivity contribution in [2.45, 2.75) is 31.6 Å². The van der Waals surface area contributed by atoms with Gasteiger partial charge in [0.25, 0.3) is 0 Å². The van der Waals surface area contributed by atoms with Gasteiger partial charge in [-0.2, -0.15) is 0 Å². The van der Waals surface area contributed by atoms with Crippen LogP contribution in [0.15, 0.2) is 47.4 Å². The number of carbonyl (C=O) groups excluding carboxylic acids is 1. The molecule has 1 saturated heterocycles. The predicted molar refractivity (Wildman–Crippen MR) is 126 cm³/mol. The second kappa shape index (κ2) is 8.96. The Morgan fingerprint density at radius 3 is 2.35 bits per heavy atom. The van der Waals surface area contributed by atoms with Crippen molar-refractivity contribution in [1.29, 1.82) is 0 Å². The molecule has 164 valence electrons. The molecule has 0 spiro atoms. The van der Waals surface area contributed by atoms with Crippen LogP contribution in [0.1, 0.15) is 24.0 Å². The van der Waals surface area contributed by atoms with E-state index in [1.54, 1.807) is 41.7 Å². The molecular weight excluding hydrogens is 430 g/mol. The summed E-state index contributed by atoms with van der Waals surface area (Å²) in [6.07, 6.45) is 0.596. The van der Waals surface area contributed by atoms with E-state index in [0.29, 0.717) is 24.4 Å². The van der Waals surface area contributed by atoms with E-state index in [4.69, 9.17) is 4.98 Å². The number of aromatic nitrogens is 1. The van der Waals surface area contributed by atoms with Gasteiger partial charge in [-0.15, -0.1) is 0 Å². The smallest absolute Gasteiger partial charge is 0.222 e. The van der Waals surface area contributed by atoms with Crippen LogP contribution in [0, 0.1) is 13.8 Å². The minimum atomic E-state index is -3.34. The zero-order valence-electron chi connectivity index (χ0n) is 17.9. The second-order valence-electron chi connectivity index (χ2n) is 7.98. The van der Waals surface area contributed by atoms with E-state index in [1.807, 2.05) is 4.90 Å². The first-order chi connectivity index (χ1) is 14.8. The normalized spacial score (nSPS) is 14.9. The summed E-state index contributed by atoms with van der Waals surface area (Å²) >= 11 is 1.71. The lowest BCUT2D eigenvalue weighted by molar-refractivity contribution is -0.131. The van der Waals surface area contributed by atoms with E-state index < -0.39 is 9.84 Å². The van der Waals surface area contributed by atoms with E-state index in [2.05, 4.69) is 30.9 Å². The molecule has 0 atom stereocenters. The third kappa shape index (κ3) is 4.75. The Kier molecular flexibility index (Phi) is 6.29. The topological polar surface area (TPSA) is 70.6 Å². The number of piperazine rings is 1. The fourth-order valence-corrected chi connectivity index (χ4v) is 6.34. The number of thiazole rings is 1. The van der Waals surface area contributed by atoms with E-state index in [-0.39, 0.29) is 18.1 Å². The maximum Gasteiger partial charge on any atom is 0.222 e. The van der Waals surface area contributed by atoms with Crippen molar-refractivity contribution < 1.29 is 13.2 Å². The lowest BCUT2D eigenvalue weighted by atomic mass is 10.1. The third-order valence-electron chi connectivity index (χ3n) is 5.74. The first-order valence-electron chi connectivity index (χ1n) is 10.5. The molecule has 1 aromatic heterocycles. The zero-order chi connectivity index (χ0) is 22.0. The molecule has 1 fully saturated rings. The molecule has 2 heterocycles. The largest absolute Gasteiger partial charge is 0.345 e. The van der Waals surface area contributed by atoms with Crippen molar-refractivity contribution in [3.8, 4) is 0 Å². The third-order valence-corrected chi connectivity index (χ3v) is 8.81. The van der Waals surface area contributed by atoms with E-state index in [0.717, 1.165) is 23.7 Å². The molecule has 1 amide bonds. The Morgan fingerprint density at radius 2 is 1.68 bits per heavy atom. The first kappa shape index (κ1) is 21.8. The molecule has 1 aliphatic rings. The zero-order valence-corrected chi connectivity index (χ0v) is 19.5. The highest BCUT2D eigenvalue weighted by Crippen LogP contribution is 2.33. The van der Waals surface area contributed by atoms with E-state index in [9.17, 15) is 13.2 Å². The molecule has 8 heteroatoms. The molecule has 0 aliphatic carbocycles. The van der Waals surface area contributed by atoms with Gasteiger partial charge >= 0.3 is 0 Å². The van der Waals surface area contributed by atoms with Crippen LogP contribution in [0.2, 0.25) is 0 Å². The van der Waals surface area contributed by atoms with Crippen molar-refractivity contribution in [2.75, 3.05) is 36.8 Å². The Bertz CT molecular complexity index is 1140. The molecular formula is C23H27N3O3S2. The number of hydrogen-bond acceptors (Lipinski definition) is 6. The van der Waals surface area contributed by atoms with Crippen LogP contribution in [-0.2, 0) is 14.6 Å². The molecule has 4 rings (SSSR count). The minimum Gasteiger partial charge on any atom is -0.345 e. The molecule has 3 aromatic rings. The molecule has 0 saturated carbocycles. The van der Waals surface area contributed by atoms with Gasteiger partial charge in [0.2, 0.25) is 5.91 Å². The monoisotopic (exact) mass is 457 g/mol. The van der Waals surface area contributed by atoms with Gasteiger partial charge in [0.1, 0.15) is 0 Å². The Balaban J connectivity index is 1.30. The van der Waals surface area contributed by atoms with Gasteiger partial charge in [0.05, 0.1) is 20.9 Å². The number of nitrogens with zero attached hydrogens (tertiary/aromatic N) is 3. The number of sulfone groups is 1. The fourth-order valence-electron chi connectivity index (χ4n) is 3.85. The number of fused-ring (bicyclic) bond motifs is 1. The highest BCUT2D eigenvalue weighted by molar-refractivity contribution is 7.91. The SMILES string of the molecule is Cc1ccc(C)c2sc(N3CCN(C(=O)CCCS(=O)(=O)c4ccccc4)CC3)nc12. The number of amides is 1. The summed E-state index contributed by atoms with van der Waals surface area (Å²) in [5.41, 5.74) is 3.49. The Hall–Kier alpha value is -2.45. The second-order valence-corrected chi connectivity index (χ2v) is 11.1. The summed E-state index contributed by atoms with van der Waals surface area (Å²) in [5.74, 6) is 0.0199. The summed E-state index contributed by atoms with van der Waals surface area (Å²) in [5, 5.41) is 1.01. The Labute approximate surface area is 187 Å². The number of rotatable bonds is 6. The highest BCUT2D eigenvalue weighted by Gasteiger charge is 2.24. The maximum atomic E-state index is 12.6. The van der Waals surface area contributed by atoms with Crippen molar-refractivity contribution in [1.82, 2.24) is 9.88 Å². The van der Waals surface area contributed by atoms with Crippen LogP contribution in [0.5, 0.6) is 0 Å². The molecule has 0 unspecified atom stereocenters. The van der Waals surface area contributed by atoms with Crippen LogP contribution < -0.4 is 4.90 Å². The standard InChI is InChI=1S/C23H27N3O3S2/c1-17-10-11-18(2)22-21(17)24-23(30-22)26-14-12-25(13-15-26)20(27)9-6-16-31(28,29)19-7-4-3-5-8-19/h3-5,7-8,10-11H,6,9,12-16H2,1-2H3. The average Bonchev–Trinajstić information content (AvgIpc) is 3.24. The van der Waals surface area contributed by atoms with Crippen LogP contribution in [0.4, 0.5) is 5.13 Å². The van der Waals surface area contributed by atoms with Crippen LogP contribution >= 0.6 is 11.3 Å². The molecule has 0 radical (unpaired) electrons.